The Bertz CT molecular complexity index is 393. The molecule has 17 heavy (non-hydrogen) atoms. The van der Waals surface area contributed by atoms with E-state index < -0.39 is 0 Å². The summed E-state index contributed by atoms with van der Waals surface area (Å²) < 4.78 is 0. The number of hydrogen-bond donors (Lipinski definition) is 1. The molecule has 1 N–H and O–H groups in total. The molecule has 0 aliphatic heterocycles. The van der Waals surface area contributed by atoms with Gasteiger partial charge in [-0.05, 0) is 31.0 Å². The summed E-state index contributed by atoms with van der Waals surface area (Å²) in [5, 5.41) is 3.82. The standard InChI is InChI=1S/C12H14Cl3NO/c1-8(13)4-5-16-12(17)7-9-2-3-10(14)11(15)6-9/h2-3,6,8H,4-5,7H2,1H3,(H,16,17). The Morgan fingerprint density at radius 3 is 2.65 bits per heavy atom. The van der Waals surface area contributed by atoms with Crippen LogP contribution in [-0.2, 0) is 11.2 Å². The lowest BCUT2D eigenvalue weighted by Gasteiger charge is -2.07. The molecule has 1 amide bonds. The summed E-state index contributed by atoms with van der Waals surface area (Å²) in [6.07, 6.45) is 1.06. The topological polar surface area (TPSA) is 29.1 Å². The van der Waals surface area contributed by atoms with Crippen molar-refractivity contribution in [2.24, 2.45) is 0 Å². The lowest BCUT2D eigenvalue weighted by molar-refractivity contribution is -0.120. The second-order valence-corrected chi connectivity index (χ2v) is 5.40. The van der Waals surface area contributed by atoms with Crippen LogP contribution in [0.2, 0.25) is 10.0 Å². The molecule has 1 unspecified atom stereocenters. The summed E-state index contributed by atoms with van der Waals surface area (Å²) in [5.74, 6) is -0.0410. The van der Waals surface area contributed by atoms with E-state index in [0.29, 0.717) is 23.0 Å². The van der Waals surface area contributed by atoms with Gasteiger partial charge in [0.2, 0.25) is 5.91 Å². The fourth-order valence-electron chi connectivity index (χ4n) is 1.31. The zero-order chi connectivity index (χ0) is 12.8. The highest BCUT2D eigenvalue weighted by Crippen LogP contribution is 2.22. The van der Waals surface area contributed by atoms with E-state index in [1.807, 2.05) is 6.92 Å². The molecule has 0 heterocycles. The molecule has 1 aromatic rings. The third-order valence-corrected chi connectivity index (χ3v) is 3.17. The number of benzene rings is 1. The largest absolute Gasteiger partial charge is 0.356 e. The number of hydrogen-bond acceptors (Lipinski definition) is 1. The monoisotopic (exact) mass is 293 g/mol. The lowest BCUT2D eigenvalue weighted by atomic mass is 10.1. The predicted octanol–water partition coefficient (Wildman–Crippen LogP) is 3.67. The molecule has 94 valence electrons. The maximum absolute atomic E-state index is 11.6. The van der Waals surface area contributed by atoms with Crippen molar-refractivity contribution >= 4 is 40.7 Å². The summed E-state index contributed by atoms with van der Waals surface area (Å²) >= 11 is 17.4. The molecule has 0 bridgehead atoms. The van der Waals surface area contributed by atoms with Crippen LogP contribution in [-0.4, -0.2) is 17.8 Å². The molecule has 0 aromatic heterocycles. The molecule has 0 spiro atoms. The third-order valence-electron chi connectivity index (χ3n) is 2.21. The van der Waals surface area contributed by atoms with Crippen LogP contribution in [0.3, 0.4) is 0 Å². The van der Waals surface area contributed by atoms with Gasteiger partial charge in [-0.2, -0.15) is 0 Å². The molecule has 2 nitrogen and oxygen atoms in total. The molecule has 0 aliphatic carbocycles. The van der Waals surface area contributed by atoms with Crippen molar-refractivity contribution in [2.75, 3.05) is 6.54 Å². The molecule has 0 fully saturated rings. The fraction of sp³-hybridized carbons (Fsp3) is 0.417. The number of nitrogens with one attached hydrogen (secondary N) is 1. The molecule has 1 rings (SSSR count). The Kier molecular flexibility index (Phi) is 6.10. The Morgan fingerprint density at radius 1 is 1.35 bits per heavy atom. The zero-order valence-electron chi connectivity index (χ0n) is 9.47. The minimum absolute atomic E-state index is 0.0410. The molecule has 0 saturated heterocycles. The van der Waals surface area contributed by atoms with Gasteiger partial charge in [0.15, 0.2) is 0 Å². The second-order valence-electron chi connectivity index (χ2n) is 3.84. The quantitative estimate of drug-likeness (QED) is 0.825. The van der Waals surface area contributed by atoms with Crippen molar-refractivity contribution in [1.29, 1.82) is 0 Å². The van der Waals surface area contributed by atoms with Crippen molar-refractivity contribution < 1.29 is 4.79 Å². The SMILES string of the molecule is CC(Cl)CCNC(=O)Cc1ccc(Cl)c(Cl)c1. The highest BCUT2D eigenvalue weighted by Gasteiger charge is 2.05. The summed E-state index contributed by atoms with van der Waals surface area (Å²) in [6.45, 7) is 2.48. The molecule has 1 atom stereocenters. The first-order valence-electron chi connectivity index (χ1n) is 5.33. The lowest BCUT2D eigenvalue weighted by Crippen LogP contribution is -2.27. The smallest absolute Gasteiger partial charge is 0.224 e. The molecule has 0 aliphatic rings. The Hall–Kier alpha value is -0.440. The number of carbonyl (C=O) groups excluding carboxylic acids is 1. The van der Waals surface area contributed by atoms with E-state index >= 15 is 0 Å². The number of rotatable bonds is 5. The number of alkyl halides is 1. The van der Waals surface area contributed by atoms with Gasteiger partial charge >= 0.3 is 0 Å². The normalized spacial score (nSPS) is 12.2. The van der Waals surface area contributed by atoms with Gasteiger partial charge in [-0.3, -0.25) is 4.79 Å². The van der Waals surface area contributed by atoms with Crippen LogP contribution >= 0.6 is 34.8 Å². The van der Waals surface area contributed by atoms with Gasteiger partial charge in [0.25, 0.3) is 0 Å². The fourth-order valence-corrected chi connectivity index (χ4v) is 1.74. The van der Waals surface area contributed by atoms with E-state index in [1.54, 1.807) is 18.2 Å². The third kappa shape index (κ3) is 5.62. The highest BCUT2D eigenvalue weighted by molar-refractivity contribution is 6.42. The minimum Gasteiger partial charge on any atom is -0.356 e. The van der Waals surface area contributed by atoms with Crippen LogP contribution in [0.25, 0.3) is 0 Å². The van der Waals surface area contributed by atoms with Crippen molar-refractivity contribution in [3.63, 3.8) is 0 Å². The van der Waals surface area contributed by atoms with Gasteiger partial charge in [0.1, 0.15) is 0 Å². The van der Waals surface area contributed by atoms with E-state index in [0.717, 1.165) is 12.0 Å². The van der Waals surface area contributed by atoms with Gasteiger partial charge in [-0.25, -0.2) is 0 Å². The Labute approximate surface area is 116 Å². The van der Waals surface area contributed by atoms with Gasteiger partial charge in [0.05, 0.1) is 16.5 Å². The zero-order valence-corrected chi connectivity index (χ0v) is 11.7. The van der Waals surface area contributed by atoms with E-state index in [-0.39, 0.29) is 11.3 Å². The number of amides is 1. The van der Waals surface area contributed by atoms with Crippen molar-refractivity contribution in [3.8, 4) is 0 Å². The number of carbonyl (C=O) groups is 1. The van der Waals surface area contributed by atoms with Crippen LogP contribution in [0.5, 0.6) is 0 Å². The van der Waals surface area contributed by atoms with Crippen LogP contribution in [0.1, 0.15) is 18.9 Å². The molecular weight excluding hydrogens is 280 g/mol. The number of halogens is 3. The van der Waals surface area contributed by atoms with Gasteiger partial charge in [-0.1, -0.05) is 29.3 Å². The molecular formula is C12H14Cl3NO. The first-order valence-corrected chi connectivity index (χ1v) is 6.53. The Morgan fingerprint density at radius 2 is 2.06 bits per heavy atom. The van der Waals surface area contributed by atoms with E-state index in [4.69, 9.17) is 34.8 Å². The van der Waals surface area contributed by atoms with Crippen molar-refractivity contribution in [1.82, 2.24) is 5.32 Å². The molecule has 1 aromatic carbocycles. The molecule has 0 saturated carbocycles. The summed E-state index contributed by atoms with van der Waals surface area (Å²) in [6, 6.07) is 5.18. The van der Waals surface area contributed by atoms with Crippen molar-refractivity contribution in [2.45, 2.75) is 25.1 Å². The van der Waals surface area contributed by atoms with Crippen molar-refractivity contribution in [3.05, 3.63) is 33.8 Å². The van der Waals surface area contributed by atoms with E-state index in [2.05, 4.69) is 5.32 Å². The first kappa shape index (κ1) is 14.6. The second kappa shape index (κ2) is 7.10. The summed E-state index contributed by atoms with van der Waals surface area (Å²) in [7, 11) is 0. The highest BCUT2D eigenvalue weighted by atomic mass is 35.5. The van der Waals surface area contributed by atoms with E-state index in [1.165, 1.54) is 0 Å². The maximum atomic E-state index is 11.6. The van der Waals surface area contributed by atoms with Crippen LogP contribution < -0.4 is 5.32 Å². The molecule has 5 heteroatoms. The van der Waals surface area contributed by atoms with Crippen LogP contribution in [0, 0.1) is 0 Å². The first-order chi connectivity index (χ1) is 7.99. The average Bonchev–Trinajstić information content (AvgIpc) is 2.23. The predicted molar refractivity (Wildman–Crippen MR) is 73.1 cm³/mol. The maximum Gasteiger partial charge on any atom is 0.224 e. The molecule has 0 radical (unpaired) electrons. The van der Waals surface area contributed by atoms with Gasteiger partial charge in [-0.15, -0.1) is 11.6 Å². The van der Waals surface area contributed by atoms with Crippen LogP contribution in [0.4, 0.5) is 0 Å². The minimum atomic E-state index is -0.0410. The van der Waals surface area contributed by atoms with E-state index in [9.17, 15) is 4.79 Å². The summed E-state index contributed by atoms with van der Waals surface area (Å²) in [4.78, 5) is 11.6. The van der Waals surface area contributed by atoms with Crippen LogP contribution in [0.15, 0.2) is 18.2 Å². The average molecular weight is 295 g/mol. The van der Waals surface area contributed by atoms with Gasteiger partial charge < -0.3 is 5.32 Å². The Balaban J connectivity index is 2.42. The summed E-state index contributed by atoms with van der Waals surface area (Å²) in [5.41, 5.74) is 0.843. The van der Waals surface area contributed by atoms with Gasteiger partial charge in [0, 0.05) is 11.9 Å².